The van der Waals surface area contributed by atoms with Crippen molar-refractivity contribution in [3.8, 4) is 0 Å². The van der Waals surface area contributed by atoms with E-state index in [1.54, 1.807) is 16.7 Å². The molecule has 0 saturated heterocycles. The summed E-state index contributed by atoms with van der Waals surface area (Å²) in [7, 11) is 0. The molecule has 0 aromatic carbocycles. The van der Waals surface area contributed by atoms with Crippen molar-refractivity contribution < 1.29 is 0 Å². The fraction of sp³-hybridized carbons (Fsp3) is 0.688. The van der Waals surface area contributed by atoms with E-state index in [1.165, 1.54) is 68.9 Å². The smallest absolute Gasteiger partial charge is 0.00788 e. The van der Waals surface area contributed by atoms with Gasteiger partial charge in [-0.05, 0) is 109 Å². The van der Waals surface area contributed by atoms with Gasteiger partial charge in [0.2, 0.25) is 0 Å². The van der Waals surface area contributed by atoms with Crippen molar-refractivity contribution in [1.82, 2.24) is 0 Å². The number of hydrogen-bond donors (Lipinski definition) is 0. The van der Waals surface area contributed by atoms with Crippen LogP contribution in [0, 0.1) is 16.7 Å². The first-order chi connectivity index (χ1) is 14.9. The Balaban J connectivity index is 2.38. The predicted molar refractivity (Wildman–Crippen MR) is 147 cm³/mol. The Morgan fingerprint density at radius 3 is 2.09 bits per heavy atom. The fourth-order valence-corrected chi connectivity index (χ4v) is 4.69. The zero-order valence-electron chi connectivity index (χ0n) is 23.3. The first kappa shape index (κ1) is 28.7. The van der Waals surface area contributed by atoms with Gasteiger partial charge in [-0.15, -0.1) is 0 Å². The lowest BCUT2D eigenvalue weighted by Crippen LogP contribution is -2.28. The molecule has 0 heterocycles. The normalized spacial score (nSPS) is 20.3. The van der Waals surface area contributed by atoms with Crippen LogP contribution < -0.4 is 0 Å². The summed E-state index contributed by atoms with van der Waals surface area (Å²) < 4.78 is 0. The Morgan fingerprint density at radius 1 is 0.906 bits per heavy atom. The van der Waals surface area contributed by atoms with Gasteiger partial charge in [0.05, 0.1) is 0 Å². The summed E-state index contributed by atoms with van der Waals surface area (Å²) in [6, 6.07) is 0. The van der Waals surface area contributed by atoms with Gasteiger partial charge in [0.25, 0.3) is 0 Å². The third-order valence-electron chi connectivity index (χ3n) is 8.19. The summed E-state index contributed by atoms with van der Waals surface area (Å²) in [6.45, 7) is 23.4. The van der Waals surface area contributed by atoms with E-state index in [9.17, 15) is 0 Å². The molecule has 1 rings (SSSR count). The zero-order chi connectivity index (χ0) is 24.4. The van der Waals surface area contributed by atoms with E-state index in [-0.39, 0.29) is 0 Å². The second-order valence-electron chi connectivity index (χ2n) is 11.9. The molecule has 0 aliphatic heterocycles. The molecule has 0 spiro atoms. The number of hydrogen-bond acceptors (Lipinski definition) is 0. The Hall–Kier alpha value is -1.30. The molecule has 0 heteroatoms. The summed E-state index contributed by atoms with van der Waals surface area (Å²) in [5.41, 5.74) is 8.48. The van der Waals surface area contributed by atoms with Gasteiger partial charge in [-0.3, -0.25) is 0 Å². The van der Waals surface area contributed by atoms with E-state index in [2.05, 4.69) is 99.6 Å². The summed E-state index contributed by atoms with van der Waals surface area (Å²) >= 11 is 0. The lowest BCUT2D eigenvalue weighted by atomic mass is 9.66. The standard InChI is InChI=1S/C32H54/c1-11-25(2)15-12-16-26(3)17-13-18-27(4)19-14-23-31(7,8)24-22-30-21-20-28(5)29(6)32(30,9)10/h11,16,19-21,29H,12-15,17-18,22-24H2,1-10H3/b25-11-,26-16+,27-19+. The summed E-state index contributed by atoms with van der Waals surface area (Å²) in [6.07, 6.45) is 23.1. The monoisotopic (exact) mass is 438 g/mol. The molecule has 1 unspecified atom stereocenters. The van der Waals surface area contributed by atoms with E-state index < -0.39 is 0 Å². The van der Waals surface area contributed by atoms with Gasteiger partial charge in [-0.1, -0.05) is 92.9 Å². The molecule has 0 N–H and O–H groups in total. The minimum absolute atomic E-state index is 0.295. The van der Waals surface area contributed by atoms with Crippen LogP contribution in [0.2, 0.25) is 0 Å². The van der Waals surface area contributed by atoms with Gasteiger partial charge in [-0.2, -0.15) is 0 Å². The first-order valence-electron chi connectivity index (χ1n) is 13.2. The number of rotatable bonds is 13. The minimum atomic E-state index is 0.295. The van der Waals surface area contributed by atoms with Crippen LogP contribution in [0.3, 0.4) is 0 Å². The first-order valence-corrected chi connectivity index (χ1v) is 13.2. The van der Waals surface area contributed by atoms with Crippen molar-refractivity contribution in [2.24, 2.45) is 16.7 Å². The van der Waals surface area contributed by atoms with E-state index in [1.807, 2.05) is 0 Å². The van der Waals surface area contributed by atoms with Gasteiger partial charge in [0.15, 0.2) is 0 Å². The highest BCUT2D eigenvalue weighted by Gasteiger charge is 2.33. The highest BCUT2D eigenvalue weighted by Crippen LogP contribution is 2.45. The predicted octanol–water partition coefficient (Wildman–Crippen LogP) is 10.9. The third-order valence-corrected chi connectivity index (χ3v) is 8.19. The molecule has 0 nitrogen and oxygen atoms in total. The highest BCUT2D eigenvalue weighted by atomic mass is 14.4. The van der Waals surface area contributed by atoms with Crippen LogP contribution in [0.5, 0.6) is 0 Å². The number of allylic oxidation sites excluding steroid dienone is 10. The minimum Gasteiger partial charge on any atom is -0.0887 e. The lowest BCUT2D eigenvalue weighted by Gasteiger charge is -2.39. The molecule has 32 heavy (non-hydrogen) atoms. The molecule has 0 aromatic heterocycles. The van der Waals surface area contributed by atoms with Crippen LogP contribution in [0.15, 0.2) is 58.2 Å². The molecule has 0 fully saturated rings. The maximum Gasteiger partial charge on any atom is -0.00788 e. The molecule has 0 amide bonds. The van der Waals surface area contributed by atoms with Crippen LogP contribution in [-0.4, -0.2) is 0 Å². The molecular weight excluding hydrogens is 384 g/mol. The van der Waals surface area contributed by atoms with E-state index >= 15 is 0 Å². The molecule has 0 aromatic rings. The van der Waals surface area contributed by atoms with Gasteiger partial charge < -0.3 is 0 Å². The van der Waals surface area contributed by atoms with E-state index in [0.717, 1.165) is 0 Å². The van der Waals surface area contributed by atoms with Crippen molar-refractivity contribution in [2.45, 2.75) is 127 Å². The van der Waals surface area contributed by atoms with Crippen molar-refractivity contribution in [3.63, 3.8) is 0 Å². The van der Waals surface area contributed by atoms with Gasteiger partial charge in [0, 0.05) is 0 Å². The fourth-order valence-electron chi connectivity index (χ4n) is 4.69. The zero-order valence-corrected chi connectivity index (χ0v) is 23.3. The molecular formula is C32H54. The summed E-state index contributed by atoms with van der Waals surface area (Å²) in [4.78, 5) is 0. The Kier molecular flexibility index (Phi) is 12.0. The molecule has 1 atom stereocenters. The lowest BCUT2D eigenvalue weighted by molar-refractivity contribution is 0.272. The highest BCUT2D eigenvalue weighted by molar-refractivity contribution is 5.31. The van der Waals surface area contributed by atoms with Crippen LogP contribution in [0.1, 0.15) is 127 Å². The van der Waals surface area contributed by atoms with Crippen LogP contribution in [0.25, 0.3) is 0 Å². The molecule has 0 radical (unpaired) electrons. The topological polar surface area (TPSA) is 0 Å². The van der Waals surface area contributed by atoms with Gasteiger partial charge in [0.1, 0.15) is 0 Å². The Labute approximate surface area is 202 Å². The van der Waals surface area contributed by atoms with Crippen molar-refractivity contribution in [1.29, 1.82) is 0 Å². The second-order valence-corrected chi connectivity index (χ2v) is 11.9. The maximum atomic E-state index is 2.51. The Bertz CT molecular complexity index is 730. The van der Waals surface area contributed by atoms with Crippen LogP contribution >= 0.6 is 0 Å². The summed E-state index contributed by atoms with van der Waals surface area (Å²) in [5.74, 6) is 0.645. The quantitative estimate of drug-likeness (QED) is 0.251. The average molecular weight is 439 g/mol. The molecule has 0 saturated carbocycles. The van der Waals surface area contributed by atoms with E-state index in [0.29, 0.717) is 16.7 Å². The van der Waals surface area contributed by atoms with Gasteiger partial charge in [-0.25, -0.2) is 0 Å². The molecule has 0 bridgehead atoms. The molecule has 1 aliphatic carbocycles. The van der Waals surface area contributed by atoms with Crippen molar-refractivity contribution in [3.05, 3.63) is 58.2 Å². The third kappa shape index (κ3) is 10.1. The summed E-state index contributed by atoms with van der Waals surface area (Å²) in [5, 5.41) is 0. The van der Waals surface area contributed by atoms with E-state index in [4.69, 9.17) is 0 Å². The maximum absolute atomic E-state index is 2.51. The van der Waals surface area contributed by atoms with Crippen molar-refractivity contribution >= 4 is 0 Å². The van der Waals surface area contributed by atoms with Gasteiger partial charge >= 0.3 is 0 Å². The van der Waals surface area contributed by atoms with Crippen molar-refractivity contribution in [2.75, 3.05) is 0 Å². The Morgan fingerprint density at radius 2 is 1.50 bits per heavy atom. The molecule has 182 valence electrons. The molecule has 1 aliphatic rings. The average Bonchev–Trinajstić information content (AvgIpc) is 2.71. The largest absolute Gasteiger partial charge is 0.0887 e. The van der Waals surface area contributed by atoms with Crippen LogP contribution in [0.4, 0.5) is 0 Å². The van der Waals surface area contributed by atoms with Crippen LogP contribution in [-0.2, 0) is 0 Å². The SMILES string of the molecule is C/C=C(/C)CC/C=C(\C)CCC/C(C)=C/CCC(C)(C)CCC1=CC=C(C)C(C)C1(C)C. The second kappa shape index (κ2) is 13.4.